The number of carbonyl (C=O) groups is 1. The molecule has 0 aliphatic heterocycles. The number of hydrogen-bond acceptors (Lipinski definition) is 2. The van der Waals surface area contributed by atoms with Crippen LogP contribution in [0, 0.1) is 23.4 Å². The molecule has 0 saturated heterocycles. The van der Waals surface area contributed by atoms with Crippen molar-refractivity contribution < 1.29 is 31.5 Å². The first-order chi connectivity index (χ1) is 12.8. The zero-order valence-corrected chi connectivity index (χ0v) is 14.2. The Balaban J connectivity index is 1.83. The maximum atomic E-state index is 14.4. The summed E-state index contributed by atoms with van der Waals surface area (Å²) in [6.07, 6.45) is -1.08. The van der Waals surface area contributed by atoms with Gasteiger partial charge in [0, 0.05) is 5.92 Å². The van der Waals surface area contributed by atoms with Crippen molar-refractivity contribution in [2.75, 3.05) is 0 Å². The maximum absolute atomic E-state index is 14.4. The van der Waals surface area contributed by atoms with Gasteiger partial charge in [0.2, 0.25) is 0 Å². The molecule has 1 aliphatic rings. The molecule has 0 atom stereocenters. The second kappa shape index (κ2) is 7.66. The van der Waals surface area contributed by atoms with Gasteiger partial charge < -0.3 is 9.53 Å². The summed E-state index contributed by atoms with van der Waals surface area (Å²) in [6.45, 7) is 0. The summed E-state index contributed by atoms with van der Waals surface area (Å²) in [5, 5.41) is 0. The quantitative estimate of drug-likeness (QED) is 0.488. The molecule has 7 heteroatoms. The van der Waals surface area contributed by atoms with Crippen molar-refractivity contribution in [1.82, 2.24) is 0 Å². The van der Waals surface area contributed by atoms with E-state index in [4.69, 9.17) is 0 Å². The first-order valence-corrected chi connectivity index (χ1v) is 8.57. The SMILES string of the molecule is O=CC1CCC(c2cc(F)c(C(F)(F)Oc3ccc(F)cc3)c(F)c2)CC1. The molecule has 0 heterocycles. The largest absolute Gasteiger partial charge is 0.432 e. The number of ether oxygens (including phenoxy) is 1. The lowest BCUT2D eigenvalue weighted by Crippen LogP contribution is -2.25. The van der Waals surface area contributed by atoms with Crippen LogP contribution in [0.3, 0.4) is 0 Å². The predicted molar refractivity (Wildman–Crippen MR) is 88.0 cm³/mol. The van der Waals surface area contributed by atoms with Gasteiger partial charge in [-0.2, -0.15) is 8.78 Å². The van der Waals surface area contributed by atoms with Gasteiger partial charge in [0.05, 0.1) is 0 Å². The summed E-state index contributed by atoms with van der Waals surface area (Å²) >= 11 is 0. The maximum Gasteiger partial charge on any atom is 0.432 e. The molecule has 0 radical (unpaired) electrons. The second-order valence-corrected chi connectivity index (χ2v) is 6.68. The van der Waals surface area contributed by atoms with Crippen molar-refractivity contribution in [2.24, 2.45) is 5.92 Å². The van der Waals surface area contributed by atoms with Gasteiger partial charge in [-0.05, 0) is 73.6 Å². The third-order valence-corrected chi connectivity index (χ3v) is 4.85. The molecule has 1 aliphatic carbocycles. The lowest BCUT2D eigenvalue weighted by Gasteiger charge is -2.26. The van der Waals surface area contributed by atoms with Gasteiger partial charge in [0.25, 0.3) is 0 Å². The molecule has 144 valence electrons. The van der Waals surface area contributed by atoms with Crippen LogP contribution in [0.15, 0.2) is 36.4 Å². The fourth-order valence-electron chi connectivity index (χ4n) is 3.40. The Labute approximate surface area is 153 Å². The summed E-state index contributed by atoms with van der Waals surface area (Å²) in [7, 11) is 0. The minimum Gasteiger partial charge on any atom is -0.429 e. The van der Waals surface area contributed by atoms with Crippen LogP contribution in [-0.2, 0) is 10.9 Å². The van der Waals surface area contributed by atoms with E-state index >= 15 is 0 Å². The summed E-state index contributed by atoms with van der Waals surface area (Å²) in [5.41, 5.74) is -1.20. The molecule has 1 saturated carbocycles. The fraction of sp³-hybridized carbons (Fsp3) is 0.350. The van der Waals surface area contributed by atoms with E-state index < -0.39 is 34.9 Å². The van der Waals surface area contributed by atoms with Crippen LogP contribution >= 0.6 is 0 Å². The highest BCUT2D eigenvalue weighted by atomic mass is 19.3. The van der Waals surface area contributed by atoms with E-state index in [0.717, 1.165) is 42.7 Å². The van der Waals surface area contributed by atoms with Crippen molar-refractivity contribution >= 4 is 6.29 Å². The van der Waals surface area contributed by atoms with Crippen molar-refractivity contribution in [1.29, 1.82) is 0 Å². The van der Waals surface area contributed by atoms with E-state index in [9.17, 15) is 26.7 Å². The van der Waals surface area contributed by atoms with Crippen LogP contribution in [-0.4, -0.2) is 6.29 Å². The Morgan fingerprint density at radius 2 is 1.48 bits per heavy atom. The van der Waals surface area contributed by atoms with Gasteiger partial charge in [0.15, 0.2) is 0 Å². The first-order valence-electron chi connectivity index (χ1n) is 8.57. The molecule has 0 unspecified atom stereocenters. The van der Waals surface area contributed by atoms with Crippen LogP contribution in [0.25, 0.3) is 0 Å². The number of halogens is 5. The Morgan fingerprint density at radius 1 is 0.926 bits per heavy atom. The van der Waals surface area contributed by atoms with E-state index in [-0.39, 0.29) is 17.4 Å². The van der Waals surface area contributed by atoms with E-state index in [2.05, 4.69) is 4.74 Å². The van der Waals surface area contributed by atoms with Gasteiger partial charge >= 0.3 is 6.11 Å². The van der Waals surface area contributed by atoms with Crippen LogP contribution in [0.2, 0.25) is 0 Å². The third kappa shape index (κ3) is 4.28. The second-order valence-electron chi connectivity index (χ2n) is 6.68. The molecule has 27 heavy (non-hydrogen) atoms. The Morgan fingerprint density at radius 3 is 2.00 bits per heavy atom. The fourth-order valence-corrected chi connectivity index (χ4v) is 3.40. The normalized spacial score (nSPS) is 20.3. The van der Waals surface area contributed by atoms with Crippen LogP contribution in [0.4, 0.5) is 22.0 Å². The molecule has 0 amide bonds. The molecular weight excluding hydrogens is 367 g/mol. The summed E-state index contributed by atoms with van der Waals surface area (Å²) in [6, 6.07) is 5.48. The highest BCUT2D eigenvalue weighted by Gasteiger charge is 2.41. The van der Waals surface area contributed by atoms with Crippen LogP contribution in [0.1, 0.15) is 42.7 Å². The first kappa shape index (κ1) is 19.3. The Bertz CT molecular complexity index is 789. The van der Waals surface area contributed by atoms with Gasteiger partial charge in [0.1, 0.15) is 35.1 Å². The van der Waals surface area contributed by atoms with Crippen LogP contribution < -0.4 is 4.74 Å². The molecule has 2 aromatic rings. The zero-order chi connectivity index (χ0) is 19.6. The summed E-state index contributed by atoms with van der Waals surface area (Å²) in [5.74, 6) is -4.15. The smallest absolute Gasteiger partial charge is 0.429 e. The van der Waals surface area contributed by atoms with E-state index in [0.29, 0.717) is 25.7 Å². The molecule has 3 rings (SSSR count). The van der Waals surface area contributed by atoms with Crippen molar-refractivity contribution in [2.45, 2.75) is 37.7 Å². The molecule has 2 aromatic carbocycles. The van der Waals surface area contributed by atoms with E-state index in [1.807, 2.05) is 0 Å². The van der Waals surface area contributed by atoms with E-state index in [1.54, 1.807) is 0 Å². The minimum atomic E-state index is -4.26. The highest BCUT2D eigenvalue weighted by molar-refractivity contribution is 5.53. The zero-order valence-electron chi connectivity index (χ0n) is 14.2. The number of hydrogen-bond donors (Lipinski definition) is 0. The molecule has 0 spiro atoms. The number of benzene rings is 2. The van der Waals surface area contributed by atoms with Gasteiger partial charge in [-0.3, -0.25) is 0 Å². The Kier molecular flexibility index (Phi) is 5.48. The molecule has 0 bridgehead atoms. The number of alkyl halides is 2. The molecular formula is C20H17F5O2. The highest BCUT2D eigenvalue weighted by Crippen LogP contribution is 2.39. The van der Waals surface area contributed by atoms with Crippen molar-refractivity contribution in [3.8, 4) is 5.75 Å². The lowest BCUT2D eigenvalue weighted by atomic mass is 9.79. The molecule has 2 nitrogen and oxygen atoms in total. The molecule has 0 N–H and O–H groups in total. The van der Waals surface area contributed by atoms with Crippen molar-refractivity contribution in [3.63, 3.8) is 0 Å². The number of aldehydes is 1. The average Bonchev–Trinajstić information content (AvgIpc) is 2.62. The van der Waals surface area contributed by atoms with E-state index in [1.165, 1.54) is 0 Å². The summed E-state index contributed by atoms with van der Waals surface area (Å²) < 4.78 is 74.6. The lowest BCUT2D eigenvalue weighted by molar-refractivity contribution is -0.189. The minimum absolute atomic E-state index is 0.0661. The number of rotatable bonds is 5. The van der Waals surface area contributed by atoms with Gasteiger partial charge in [-0.25, -0.2) is 13.2 Å². The monoisotopic (exact) mass is 384 g/mol. The average molecular weight is 384 g/mol. The van der Waals surface area contributed by atoms with Crippen LogP contribution in [0.5, 0.6) is 5.75 Å². The predicted octanol–water partition coefficient (Wildman–Crippen LogP) is 5.70. The van der Waals surface area contributed by atoms with Gasteiger partial charge in [-0.15, -0.1) is 0 Å². The summed E-state index contributed by atoms with van der Waals surface area (Å²) in [4.78, 5) is 10.8. The number of carbonyl (C=O) groups excluding carboxylic acids is 1. The third-order valence-electron chi connectivity index (χ3n) is 4.85. The van der Waals surface area contributed by atoms with Gasteiger partial charge in [-0.1, -0.05) is 0 Å². The standard InChI is InChI=1S/C20H17F5O2/c21-15-5-7-16(8-6-15)27-20(24,25)19-17(22)9-14(10-18(19)23)13-3-1-12(11-26)2-4-13/h5-13H,1-4H2. The topological polar surface area (TPSA) is 26.3 Å². The van der Waals surface area contributed by atoms with Crippen molar-refractivity contribution in [3.05, 3.63) is 65.0 Å². The Hall–Kier alpha value is -2.44. The molecule has 0 aromatic heterocycles. The molecule has 1 fully saturated rings.